The van der Waals surface area contributed by atoms with Crippen molar-refractivity contribution >= 4 is 15.7 Å². The molecule has 0 radical (unpaired) electrons. The molecule has 1 aliphatic heterocycles. The van der Waals surface area contributed by atoms with Gasteiger partial charge in [-0.1, -0.05) is 0 Å². The zero-order chi connectivity index (χ0) is 15.3. The average molecular weight is 311 g/mol. The highest BCUT2D eigenvalue weighted by Crippen LogP contribution is 2.15. The maximum atomic E-state index is 12.3. The third-order valence-electron chi connectivity index (χ3n) is 3.88. The molecule has 1 fully saturated rings. The average Bonchev–Trinajstić information content (AvgIpc) is 3.00. The monoisotopic (exact) mass is 311 g/mol. The molecule has 21 heavy (non-hydrogen) atoms. The Kier molecular flexibility index (Phi) is 5.61. The Labute approximate surface area is 127 Å². The van der Waals surface area contributed by atoms with Crippen LogP contribution in [-0.4, -0.2) is 45.5 Å². The summed E-state index contributed by atoms with van der Waals surface area (Å²) in [6.45, 7) is 7.49. The van der Waals surface area contributed by atoms with Crippen molar-refractivity contribution in [1.82, 2.24) is 9.62 Å². The largest absolute Gasteiger partial charge is 0.385 e. The van der Waals surface area contributed by atoms with Crippen molar-refractivity contribution in [2.45, 2.75) is 37.6 Å². The third-order valence-corrected chi connectivity index (χ3v) is 5.32. The van der Waals surface area contributed by atoms with Crippen molar-refractivity contribution in [3.05, 3.63) is 24.3 Å². The van der Waals surface area contributed by atoms with Crippen LogP contribution in [0.5, 0.6) is 0 Å². The first kappa shape index (κ1) is 16.3. The van der Waals surface area contributed by atoms with E-state index in [1.165, 1.54) is 12.8 Å². The predicted molar refractivity (Wildman–Crippen MR) is 86.1 cm³/mol. The Hall–Kier alpha value is -1.11. The standard InChI is InChI=1S/C15H25N3O2S/c1-3-16-14-6-8-15(9-7-14)21(19,20)17-12-13(2)18-10-4-5-11-18/h6-9,13,16-17H,3-5,10-12H2,1-2H3. The first-order valence-electron chi connectivity index (χ1n) is 7.60. The number of sulfonamides is 1. The van der Waals surface area contributed by atoms with Crippen LogP contribution in [0.3, 0.4) is 0 Å². The molecule has 0 aromatic heterocycles. The van der Waals surface area contributed by atoms with Crippen LogP contribution in [0.1, 0.15) is 26.7 Å². The molecule has 6 heteroatoms. The Morgan fingerprint density at radius 2 is 1.81 bits per heavy atom. The van der Waals surface area contributed by atoms with E-state index in [4.69, 9.17) is 0 Å². The Morgan fingerprint density at radius 3 is 2.38 bits per heavy atom. The fraction of sp³-hybridized carbons (Fsp3) is 0.600. The molecule has 2 N–H and O–H groups in total. The lowest BCUT2D eigenvalue weighted by atomic mass is 10.3. The van der Waals surface area contributed by atoms with E-state index in [1.54, 1.807) is 24.3 Å². The minimum Gasteiger partial charge on any atom is -0.385 e. The Morgan fingerprint density at radius 1 is 1.19 bits per heavy atom. The van der Waals surface area contributed by atoms with Crippen molar-refractivity contribution < 1.29 is 8.42 Å². The van der Waals surface area contributed by atoms with Gasteiger partial charge in [0.15, 0.2) is 0 Å². The maximum absolute atomic E-state index is 12.3. The number of likely N-dealkylation sites (tertiary alicyclic amines) is 1. The Bertz CT molecular complexity index is 537. The number of benzene rings is 1. The van der Waals surface area contributed by atoms with Gasteiger partial charge in [0.1, 0.15) is 0 Å². The number of rotatable bonds is 7. The molecule has 1 atom stereocenters. The lowest BCUT2D eigenvalue weighted by molar-refractivity contribution is 0.260. The summed E-state index contributed by atoms with van der Waals surface area (Å²) < 4.78 is 27.3. The number of anilines is 1. The van der Waals surface area contributed by atoms with E-state index < -0.39 is 10.0 Å². The summed E-state index contributed by atoms with van der Waals surface area (Å²) in [5.74, 6) is 0. The zero-order valence-electron chi connectivity index (χ0n) is 12.8. The van der Waals surface area contributed by atoms with Crippen LogP contribution in [0.2, 0.25) is 0 Å². The molecule has 1 aliphatic rings. The van der Waals surface area contributed by atoms with E-state index in [2.05, 4.69) is 21.9 Å². The molecule has 118 valence electrons. The number of hydrogen-bond acceptors (Lipinski definition) is 4. The highest BCUT2D eigenvalue weighted by atomic mass is 32.2. The van der Waals surface area contributed by atoms with Gasteiger partial charge < -0.3 is 5.32 Å². The first-order chi connectivity index (χ1) is 10.0. The molecule has 0 bridgehead atoms. The van der Waals surface area contributed by atoms with Crippen LogP contribution < -0.4 is 10.0 Å². The highest BCUT2D eigenvalue weighted by Gasteiger charge is 2.20. The maximum Gasteiger partial charge on any atom is 0.240 e. The summed E-state index contributed by atoms with van der Waals surface area (Å²) >= 11 is 0. The van der Waals surface area contributed by atoms with Crippen molar-refractivity contribution in [3.63, 3.8) is 0 Å². The van der Waals surface area contributed by atoms with Crippen LogP contribution in [0.15, 0.2) is 29.2 Å². The fourth-order valence-electron chi connectivity index (χ4n) is 2.58. The van der Waals surface area contributed by atoms with Crippen LogP contribution in [0.25, 0.3) is 0 Å². The van der Waals surface area contributed by atoms with E-state index >= 15 is 0 Å². The molecule has 1 saturated heterocycles. The summed E-state index contributed by atoms with van der Waals surface area (Å²) in [5.41, 5.74) is 0.932. The quantitative estimate of drug-likeness (QED) is 0.807. The van der Waals surface area contributed by atoms with E-state index in [1.807, 2.05) is 6.92 Å². The van der Waals surface area contributed by atoms with Gasteiger partial charge in [0.25, 0.3) is 0 Å². The highest BCUT2D eigenvalue weighted by molar-refractivity contribution is 7.89. The summed E-state index contributed by atoms with van der Waals surface area (Å²) in [6.07, 6.45) is 2.42. The second-order valence-corrected chi connectivity index (χ2v) is 7.27. The number of nitrogens with zero attached hydrogens (tertiary/aromatic N) is 1. The normalized spacial score (nSPS) is 17.8. The van der Waals surface area contributed by atoms with Crippen molar-refractivity contribution in [2.24, 2.45) is 0 Å². The molecular weight excluding hydrogens is 286 g/mol. The molecule has 5 nitrogen and oxygen atoms in total. The van der Waals surface area contributed by atoms with Gasteiger partial charge >= 0.3 is 0 Å². The predicted octanol–water partition coefficient (Wildman–Crippen LogP) is 1.88. The minimum atomic E-state index is -3.42. The SMILES string of the molecule is CCNc1ccc(S(=O)(=O)NCC(C)N2CCCC2)cc1. The van der Waals surface area contributed by atoms with Crippen LogP contribution in [0.4, 0.5) is 5.69 Å². The van der Waals surface area contributed by atoms with Gasteiger partial charge in [-0.3, -0.25) is 4.90 Å². The number of hydrogen-bond donors (Lipinski definition) is 2. The minimum absolute atomic E-state index is 0.239. The summed E-state index contributed by atoms with van der Waals surface area (Å²) in [4.78, 5) is 2.65. The second-order valence-electron chi connectivity index (χ2n) is 5.50. The molecule has 2 rings (SSSR count). The van der Waals surface area contributed by atoms with Crippen LogP contribution in [0, 0.1) is 0 Å². The zero-order valence-corrected chi connectivity index (χ0v) is 13.6. The summed E-state index contributed by atoms with van der Waals surface area (Å²) in [7, 11) is -3.42. The van der Waals surface area contributed by atoms with Gasteiger partial charge in [0, 0.05) is 24.8 Å². The molecule has 1 heterocycles. The third kappa shape index (κ3) is 4.43. The molecule has 0 spiro atoms. The van der Waals surface area contributed by atoms with Gasteiger partial charge in [-0.2, -0.15) is 0 Å². The molecule has 0 amide bonds. The van der Waals surface area contributed by atoms with Gasteiger partial charge in [-0.05, 0) is 64.0 Å². The van der Waals surface area contributed by atoms with E-state index in [0.29, 0.717) is 11.4 Å². The van der Waals surface area contributed by atoms with Gasteiger partial charge in [-0.15, -0.1) is 0 Å². The van der Waals surface area contributed by atoms with E-state index in [-0.39, 0.29) is 6.04 Å². The van der Waals surface area contributed by atoms with E-state index in [9.17, 15) is 8.42 Å². The molecule has 0 saturated carbocycles. The summed E-state index contributed by atoms with van der Waals surface area (Å²) in [6, 6.07) is 7.11. The van der Waals surface area contributed by atoms with Crippen molar-refractivity contribution in [1.29, 1.82) is 0 Å². The fourth-order valence-corrected chi connectivity index (χ4v) is 3.70. The Balaban J connectivity index is 1.94. The smallest absolute Gasteiger partial charge is 0.240 e. The molecule has 0 aliphatic carbocycles. The first-order valence-corrected chi connectivity index (χ1v) is 9.09. The molecule has 1 unspecified atom stereocenters. The molecular formula is C15H25N3O2S. The molecule has 1 aromatic rings. The lowest BCUT2D eigenvalue weighted by Crippen LogP contribution is -2.40. The van der Waals surface area contributed by atoms with Gasteiger partial charge in [0.05, 0.1) is 4.90 Å². The van der Waals surface area contributed by atoms with Crippen LogP contribution in [-0.2, 0) is 10.0 Å². The number of nitrogens with one attached hydrogen (secondary N) is 2. The second kappa shape index (κ2) is 7.24. The van der Waals surface area contributed by atoms with Crippen molar-refractivity contribution in [3.8, 4) is 0 Å². The lowest BCUT2D eigenvalue weighted by Gasteiger charge is -2.23. The van der Waals surface area contributed by atoms with Gasteiger partial charge in [0.2, 0.25) is 10.0 Å². The van der Waals surface area contributed by atoms with Crippen molar-refractivity contribution in [2.75, 3.05) is 31.5 Å². The van der Waals surface area contributed by atoms with Gasteiger partial charge in [-0.25, -0.2) is 13.1 Å². The summed E-state index contributed by atoms with van der Waals surface area (Å²) in [5, 5.41) is 3.15. The van der Waals surface area contributed by atoms with E-state index in [0.717, 1.165) is 25.3 Å². The van der Waals surface area contributed by atoms with Crippen LogP contribution >= 0.6 is 0 Å². The topological polar surface area (TPSA) is 61.4 Å². The molecule has 1 aromatic carbocycles.